The Kier molecular flexibility index (Phi) is 3.38. The van der Waals surface area contributed by atoms with Crippen LogP contribution >= 0.6 is 0 Å². The third kappa shape index (κ3) is 1.58. The monoisotopic (exact) mass is 155 g/mol. The molecule has 3 fully saturated rings. The molecule has 0 amide bonds. The van der Waals surface area contributed by atoms with E-state index in [1.54, 1.807) is 0 Å². The Labute approximate surface area is 70.8 Å². The van der Waals surface area contributed by atoms with Gasteiger partial charge in [0.25, 0.3) is 0 Å². The van der Waals surface area contributed by atoms with Gasteiger partial charge in [0.2, 0.25) is 0 Å². The Morgan fingerprint density at radius 2 is 1.73 bits per heavy atom. The van der Waals surface area contributed by atoms with E-state index in [1.807, 2.05) is 13.8 Å². The number of fused-ring (bicyclic) bond motifs is 2. The summed E-state index contributed by atoms with van der Waals surface area (Å²) in [5, 5.41) is 0. The van der Waals surface area contributed by atoms with Crippen LogP contribution in [0, 0.1) is 0 Å². The summed E-state index contributed by atoms with van der Waals surface area (Å²) in [4.78, 5) is 2.66. The van der Waals surface area contributed by atoms with E-state index in [0.29, 0.717) is 0 Å². The first-order valence-electron chi connectivity index (χ1n) is 5.17. The molecular weight excluding hydrogens is 134 g/mol. The minimum atomic E-state index is 0.994. The normalized spacial score (nSPS) is 35.2. The SMILES string of the molecule is CC.CCN1C2CCCC1C2. The van der Waals surface area contributed by atoms with Crippen LogP contribution in [0.25, 0.3) is 0 Å². The third-order valence-corrected chi connectivity index (χ3v) is 2.92. The highest BCUT2D eigenvalue weighted by Gasteiger charge is 2.39. The Morgan fingerprint density at radius 1 is 1.18 bits per heavy atom. The second-order valence-corrected chi connectivity index (χ2v) is 3.30. The van der Waals surface area contributed by atoms with Crippen LogP contribution in [0.1, 0.15) is 46.5 Å². The summed E-state index contributed by atoms with van der Waals surface area (Å²) in [6, 6.07) is 1.99. The maximum atomic E-state index is 2.66. The zero-order chi connectivity index (χ0) is 8.27. The van der Waals surface area contributed by atoms with Crippen molar-refractivity contribution in [1.29, 1.82) is 0 Å². The molecule has 1 saturated carbocycles. The molecule has 0 aromatic carbocycles. The first-order chi connectivity index (χ1) is 5.42. The lowest BCUT2D eigenvalue weighted by Crippen LogP contribution is -2.58. The van der Waals surface area contributed by atoms with Crippen LogP contribution in [0.5, 0.6) is 0 Å². The van der Waals surface area contributed by atoms with E-state index < -0.39 is 0 Å². The lowest BCUT2D eigenvalue weighted by molar-refractivity contribution is -0.0221. The van der Waals surface area contributed by atoms with Crippen molar-refractivity contribution < 1.29 is 0 Å². The molecule has 0 aromatic heterocycles. The van der Waals surface area contributed by atoms with E-state index in [0.717, 1.165) is 12.1 Å². The highest BCUT2D eigenvalue weighted by molar-refractivity contribution is 4.95. The van der Waals surface area contributed by atoms with E-state index in [1.165, 1.54) is 32.2 Å². The zero-order valence-electron chi connectivity index (χ0n) is 8.14. The summed E-state index contributed by atoms with van der Waals surface area (Å²) in [6.45, 7) is 7.57. The fourth-order valence-electron chi connectivity index (χ4n) is 2.42. The van der Waals surface area contributed by atoms with Crippen LogP contribution in [0.2, 0.25) is 0 Å². The second kappa shape index (κ2) is 4.10. The van der Waals surface area contributed by atoms with Gasteiger partial charge in [0, 0.05) is 12.1 Å². The van der Waals surface area contributed by atoms with Crippen LogP contribution in [0.4, 0.5) is 0 Å². The fraction of sp³-hybridized carbons (Fsp3) is 1.00. The van der Waals surface area contributed by atoms with Crippen LogP contribution in [0.15, 0.2) is 0 Å². The number of hydrogen-bond acceptors (Lipinski definition) is 1. The van der Waals surface area contributed by atoms with Crippen molar-refractivity contribution in [3.63, 3.8) is 0 Å². The molecule has 11 heavy (non-hydrogen) atoms. The molecule has 1 heteroatoms. The van der Waals surface area contributed by atoms with E-state index in [9.17, 15) is 0 Å². The van der Waals surface area contributed by atoms with Gasteiger partial charge in [0.05, 0.1) is 0 Å². The minimum Gasteiger partial charge on any atom is -0.298 e. The highest BCUT2D eigenvalue weighted by atomic mass is 15.2. The van der Waals surface area contributed by atoms with Gasteiger partial charge in [-0.3, -0.25) is 4.90 Å². The van der Waals surface area contributed by atoms with Crippen molar-refractivity contribution >= 4 is 0 Å². The van der Waals surface area contributed by atoms with Gasteiger partial charge in [0.1, 0.15) is 0 Å². The molecular formula is C10H21N. The summed E-state index contributed by atoms with van der Waals surface area (Å²) in [6.07, 6.45) is 5.95. The summed E-state index contributed by atoms with van der Waals surface area (Å²) >= 11 is 0. The standard InChI is InChI=1S/C8H15N.C2H6/c1-2-9-7-4-3-5-8(9)6-7;1-2/h7-8H,2-6H2,1H3;1-2H3. The fourth-order valence-corrected chi connectivity index (χ4v) is 2.42. The molecule has 0 radical (unpaired) electrons. The van der Waals surface area contributed by atoms with E-state index in [2.05, 4.69) is 11.8 Å². The first kappa shape index (κ1) is 9.05. The molecule has 0 spiro atoms. The number of rotatable bonds is 1. The van der Waals surface area contributed by atoms with Crippen molar-refractivity contribution in [3.8, 4) is 0 Å². The molecule has 3 rings (SSSR count). The van der Waals surface area contributed by atoms with Crippen molar-refractivity contribution in [2.75, 3.05) is 6.54 Å². The molecule has 1 aliphatic carbocycles. The van der Waals surface area contributed by atoms with Gasteiger partial charge in [-0.05, 0) is 25.8 Å². The Morgan fingerprint density at radius 3 is 2.00 bits per heavy atom. The summed E-state index contributed by atoms with van der Waals surface area (Å²) < 4.78 is 0. The molecule has 0 N–H and O–H groups in total. The average molecular weight is 155 g/mol. The molecule has 2 unspecified atom stereocenters. The average Bonchev–Trinajstić information content (AvgIpc) is 2.10. The van der Waals surface area contributed by atoms with Crippen molar-refractivity contribution in [2.45, 2.75) is 58.5 Å². The van der Waals surface area contributed by atoms with E-state index in [4.69, 9.17) is 0 Å². The predicted octanol–water partition coefficient (Wildman–Crippen LogP) is 2.66. The van der Waals surface area contributed by atoms with Gasteiger partial charge in [-0.15, -0.1) is 0 Å². The molecule has 3 aliphatic rings. The van der Waals surface area contributed by atoms with Crippen LogP contribution in [-0.2, 0) is 0 Å². The molecule has 1 nitrogen and oxygen atoms in total. The molecule has 2 aliphatic heterocycles. The Bertz CT molecular complexity index is 97.4. The highest BCUT2D eigenvalue weighted by Crippen LogP contribution is 2.37. The van der Waals surface area contributed by atoms with Crippen molar-refractivity contribution in [3.05, 3.63) is 0 Å². The lowest BCUT2D eigenvalue weighted by atomic mass is 9.80. The Balaban J connectivity index is 0.000000281. The maximum Gasteiger partial charge on any atom is 0.0113 e. The van der Waals surface area contributed by atoms with Gasteiger partial charge in [0.15, 0.2) is 0 Å². The first-order valence-corrected chi connectivity index (χ1v) is 5.17. The van der Waals surface area contributed by atoms with Gasteiger partial charge in [-0.25, -0.2) is 0 Å². The lowest BCUT2D eigenvalue weighted by Gasteiger charge is -2.52. The van der Waals surface area contributed by atoms with E-state index in [-0.39, 0.29) is 0 Å². The van der Waals surface area contributed by atoms with Gasteiger partial charge >= 0.3 is 0 Å². The molecule has 2 bridgehead atoms. The topological polar surface area (TPSA) is 3.24 Å². The van der Waals surface area contributed by atoms with E-state index >= 15 is 0 Å². The molecule has 0 aromatic rings. The number of piperidine rings is 1. The van der Waals surface area contributed by atoms with Crippen LogP contribution in [0.3, 0.4) is 0 Å². The van der Waals surface area contributed by atoms with Crippen LogP contribution < -0.4 is 0 Å². The third-order valence-electron chi connectivity index (χ3n) is 2.92. The summed E-state index contributed by atoms with van der Waals surface area (Å²) in [5.41, 5.74) is 0. The number of hydrogen-bond donors (Lipinski definition) is 0. The van der Waals surface area contributed by atoms with Crippen LogP contribution in [-0.4, -0.2) is 23.5 Å². The zero-order valence-corrected chi connectivity index (χ0v) is 8.14. The largest absolute Gasteiger partial charge is 0.298 e. The Hall–Kier alpha value is -0.0400. The predicted molar refractivity (Wildman–Crippen MR) is 49.8 cm³/mol. The quantitative estimate of drug-likeness (QED) is 0.562. The second-order valence-electron chi connectivity index (χ2n) is 3.30. The molecule has 66 valence electrons. The minimum absolute atomic E-state index is 0.994. The van der Waals surface area contributed by atoms with Gasteiger partial charge < -0.3 is 0 Å². The maximum absolute atomic E-state index is 2.66. The molecule has 2 saturated heterocycles. The molecule has 2 atom stereocenters. The summed E-state index contributed by atoms with van der Waals surface area (Å²) in [7, 11) is 0. The van der Waals surface area contributed by atoms with Gasteiger partial charge in [-0.1, -0.05) is 27.2 Å². The van der Waals surface area contributed by atoms with Crippen molar-refractivity contribution in [1.82, 2.24) is 4.90 Å². The van der Waals surface area contributed by atoms with Crippen molar-refractivity contribution in [2.24, 2.45) is 0 Å². The summed E-state index contributed by atoms with van der Waals surface area (Å²) in [5.74, 6) is 0. The number of nitrogens with zero attached hydrogens (tertiary/aromatic N) is 1. The van der Waals surface area contributed by atoms with Gasteiger partial charge in [-0.2, -0.15) is 0 Å². The smallest absolute Gasteiger partial charge is 0.0113 e. The molecule has 2 heterocycles.